The molecule has 11 N–H and O–H groups in total. The Morgan fingerprint density at radius 1 is 0.899 bits per heavy atom. The molecular weight excluding hydrogens is 951 g/mol. The number of carboxylic acid groups (broad SMARTS) is 4. The number of carbonyl (C=O) groups is 6. The number of rotatable bonds is 28. The topological polar surface area (TPSA) is 506 Å². The number of fused-ring (bicyclic) bond motifs is 1. The van der Waals surface area contributed by atoms with Gasteiger partial charge in [-0.3, -0.25) is 23.9 Å². The van der Waals surface area contributed by atoms with Gasteiger partial charge in [0.1, 0.15) is 42.7 Å². The number of aliphatic hydroxyl groups excluding tert-OH is 5. The molecule has 30 nitrogen and oxygen atoms in total. The fourth-order valence-electron chi connectivity index (χ4n) is 6.38. The van der Waals surface area contributed by atoms with Crippen molar-refractivity contribution in [3.8, 4) is 0 Å². The van der Waals surface area contributed by atoms with Crippen LogP contribution < -0.4 is 52.6 Å². The SMILES string of the molecule is C[C@@H](Nc1ccc(C[C@H](O)[C@H](O)[C@H](O)CO[C@H]2O[C@H](COP(=O)([O-])O[C@@H](CCC(=O)[O-])C(=O)N[C@@H](CCC(=O)[O-])C(=O)N[C@@H](CC(=O)[O-])C(=O)[O-])[C@@H](O)[C@H]2O)cc1)c1cnc2nc(N)[nH]c(=O)c2n1. The molecule has 2 amide bonds. The summed E-state index contributed by atoms with van der Waals surface area (Å²) in [7, 11) is -5.77. The van der Waals surface area contributed by atoms with E-state index in [9.17, 15) is 89.0 Å². The lowest BCUT2D eigenvalue weighted by Crippen LogP contribution is -2.57. The van der Waals surface area contributed by atoms with E-state index < -0.39 is 162 Å². The molecule has 31 heteroatoms. The molecule has 69 heavy (non-hydrogen) atoms. The summed E-state index contributed by atoms with van der Waals surface area (Å²) < 4.78 is 32.7. The van der Waals surface area contributed by atoms with Gasteiger partial charge in [-0.15, -0.1) is 0 Å². The number of aliphatic hydroxyl groups is 5. The normalized spacial score (nSPS) is 20.9. The molecule has 12 atom stereocenters. The second kappa shape index (κ2) is 24.8. The summed E-state index contributed by atoms with van der Waals surface area (Å²) in [5.41, 5.74) is 6.58. The minimum atomic E-state index is -5.77. The van der Waals surface area contributed by atoms with Crippen molar-refractivity contribution in [1.82, 2.24) is 30.6 Å². The van der Waals surface area contributed by atoms with Crippen LogP contribution >= 0.6 is 7.82 Å². The average Bonchev–Trinajstić information content (AvgIpc) is 3.55. The summed E-state index contributed by atoms with van der Waals surface area (Å²) in [6.45, 7) is -0.228. The van der Waals surface area contributed by atoms with Crippen LogP contribution in [0.25, 0.3) is 11.2 Å². The number of hydrogen-bond donors (Lipinski definition) is 10. The van der Waals surface area contributed by atoms with Crippen molar-refractivity contribution in [1.29, 1.82) is 0 Å². The van der Waals surface area contributed by atoms with E-state index in [0.29, 0.717) is 16.9 Å². The van der Waals surface area contributed by atoms with Gasteiger partial charge in [0.25, 0.3) is 13.4 Å². The fraction of sp³-hybridized carbons (Fsp3) is 0.526. The van der Waals surface area contributed by atoms with Gasteiger partial charge in [-0.2, -0.15) is 4.98 Å². The highest BCUT2D eigenvalue weighted by atomic mass is 31.2. The highest BCUT2D eigenvalue weighted by Gasteiger charge is 2.45. The molecule has 2 aromatic heterocycles. The minimum Gasteiger partial charge on any atom is -0.756 e. The number of H-pyrrole nitrogens is 1. The van der Waals surface area contributed by atoms with Crippen molar-refractivity contribution in [3.63, 3.8) is 0 Å². The Kier molecular flexibility index (Phi) is 19.9. The van der Waals surface area contributed by atoms with E-state index in [-0.39, 0.29) is 23.5 Å². The Morgan fingerprint density at radius 3 is 2.16 bits per heavy atom. The third kappa shape index (κ3) is 16.7. The summed E-state index contributed by atoms with van der Waals surface area (Å²) in [6.07, 6.45) is -19.0. The number of phosphoric acid groups is 1. The quantitative estimate of drug-likeness (QED) is 0.0302. The maximum atomic E-state index is 13.1. The number of amides is 2. The number of nitrogens with one attached hydrogen (secondary N) is 4. The first-order valence-electron chi connectivity index (χ1n) is 20.4. The maximum Gasteiger partial charge on any atom is 0.280 e. The standard InChI is InChI=1S/C38H51N8O22P/c1-15(20-12-40-32-28(42-20)35(60)46-38(39)45-32)41-17-4-2-16(3-5-17)10-21(47)29(55)22(48)13-65-37-31(57)30(56)24(67-37)14-66-69(63,64)68-23(7-9-26(51)52)34(59)43-18(6-8-25(49)50)33(58)44-19(36(61)62)11-27(53)54/h2-5,12,15,18-19,21-24,29-31,37,41,47-48,55-57H,6-11,13-14H2,1H3,(H,43,59)(H,44,58)(H,49,50)(H,51,52)(H,53,54)(H,61,62)(H,63,64)(H3,39,40,45,46,60)/p-5/t15-,18+,19+,21+,22-,23+,24-,29+,30-,31-,37+/m1/s1. The van der Waals surface area contributed by atoms with E-state index >= 15 is 0 Å². The molecule has 4 rings (SSSR count). The summed E-state index contributed by atoms with van der Waals surface area (Å²) in [6, 6.07) is 1.80. The number of anilines is 2. The molecule has 0 radical (unpaired) electrons. The lowest BCUT2D eigenvalue weighted by molar-refractivity contribution is -0.317. The van der Waals surface area contributed by atoms with E-state index in [1.54, 1.807) is 36.5 Å². The summed E-state index contributed by atoms with van der Waals surface area (Å²) >= 11 is 0. The average molecular weight is 998 g/mol. The molecule has 1 fully saturated rings. The number of carbonyl (C=O) groups excluding carboxylic acids is 6. The van der Waals surface area contributed by atoms with Crippen LogP contribution in [-0.4, -0.2) is 155 Å². The van der Waals surface area contributed by atoms with E-state index in [0.717, 1.165) is 0 Å². The minimum absolute atomic E-state index is 0.00684. The zero-order valence-electron chi connectivity index (χ0n) is 35.9. The van der Waals surface area contributed by atoms with Crippen molar-refractivity contribution in [2.24, 2.45) is 0 Å². The largest absolute Gasteiger partial charge is 0.756 e. The molecule has 0 saturated carbocycles. The Balaban J connectivity index is 1.29. The van der Waals surface area contributed by atoms with E-state index in [4.69, 9.17) is 15.2 Å². The van der Waals surface area contributed by atoms with E-state index in [2.05, 4.69) is 34.3 Å². The first-order valence-corrected chi connectivity index (χ1v) is 21.9. The summed E-state index contributed by atoms with van der Waals surface area (Å²) in [4.78, 5) is 110. The Morgan fingerprint density at radius 2 is 1.54 bits per heavy atom. The molecule has 0 bridgehead atoms. The first-order chi connectivity index (χ1) is 32.3. The van der Waals surface area contributed by atoms with Crippen LogP contribution in [0.5, 0.6) is 0 Å². The lowest BCUT2D eigenvalue weighted by atomic mass is 10.0. The van der Waals surface area contributed by atoms with Gasteiger partial charge >= 0.3 is 0 Å². The Bertz CT molecular complexity index is 2410. The van der Waals surface area contributed by atoms with Gasteiger partial charge in [0.05, 0.1) is 49.3 Å². The van der Waals surface area contributed by atoms with Crippen molar-refractivity contribution >= 4 is 66.3 Å². The van der Waals surface area contributed by atoms with Crippen LogP contribution in [0, 0.1) is 0 Å². The molecule has 0 spiro atoms. The van der Waals surface area contributed by atoms with Gasteiger partial charge < -0.3 is 110 Å². The second-order valence-electron chi connectivity index (χ2n) is 15.3. The summed E-state index contributed by atoms with van der Waals surface area (Å²) in [5.74, 6) is -10.9. The van der Waals surface area contributed by atoms with Crippen LogP contribution in [0.2, 0.25) is 0 Å². The highest BCUT2D eigenvalue weighted by molar-refractivity contribution is 7.45. The number of aromatic amines is 1. The molecular formula is C38H46N8O22P-5. The summed E-state index contributed by atoms with van der Waals surface area (Å²) in [5, 5.41) is 104. The van der Waals surface area contributed by atoms with Crippen LogP contribution in [-0.2, 0) is 58.3 Å². The molecule has 0 aliphatic carbocycles. The van der Waals surface area contributed by atoms with Crippen molar-refractivity contribution in [2.45, 2.75) is 113 Å². The number of ether oxygens (including phenoxy) is 2. The Labute approximate surface area is 388 Å². The Hall–Kier alpha value is -6.31. The maximum absolute atomic E-state index is 13.1. The van der Waals surface area contributed by atoms with Crippen LogP contribution in [0.3, 0.4) is 0 Å². The molecule has 1 aliphatic heterocycles. The zero-order valence-corrected chi connectivity index (χ0v) is 36.8. The predicted molar refractivity (Wildman–Crippen MR) is 215 cm³/mol. The van der Waals surface area contributed by atoms with Gasteiger partial charge in [-0.05, 0) is 50.3 Å². The van der Waals surface area contributed by atoms with Crippen LogP contribution in [0.1, 0.15) is 56.3 Å². The van der Waals surface area contributed by atoms with Crippen molar-refractivity contribution in [2.75, 3.05) is 24.3 Å². The predicted octanol–water partition coefficient (Wildman–Crippen LogP) is -9.65. The molecule has 1 aromatic carbocycles. The number of nitrogens with two attached hydrogens (primary N) is 1. The van der Waals surface area contributed by atoms with Crippen molar-refractivity contribution < 1.29 is 103 Å². The molecule has 380 valence electrons. The number of carboxylic acids is 4. The number of nitrogen functional groups attached to an aromatic ring is 1. The van der Waals surface area contributed by atoms with E-state index in [1.807, 2.05) is 5.32 Å². The number of nitrogens with zero attached hydrogens (tertiary/aromatic N) is 3. The van der Waals surface area contributed by atoms with E-state index in [1.165, 1.54) is 6.20 Å². The van der Waals surface area contributed by atoms with Gasteiger partial charge in [0.2, 0.25) is 17.8 Å². The second-order valence-corrected chi connectivity index (χ2v) is 16.7. The number of aromatic nitrogens is 4. The van der Waals surface area contributed by atoms with Crippen molar-refractivity contribution in [3.05, 3.63) is 52.1 Å². The van der Waals surface area contributed by atoms with Gasteiger partial charge in [-0.1, -0.05) is 12.1 Å². The first kappa shape index (κ1) is 55.3. The fourth-order valence-corrected chi connectivity index (χ4v) is 7.28. The molecule has 3 heterocycles. The van der Waals surface area contributed by atoms with Gasteiger partial charge in [-0.25, -0.2) is 9.97 Å². The molecule has 1 unspecified atom stereocenters. The highest BCUT2D eigenvalue weighted by Crippen LogP contribution is 2.42. The number of phosphoric ester groups is 1. The molecule has 3 aromatic rings. The zero-order chi connectivity index (χ0) is 51.3. The van der Waals surface area contributed by atoms with Crippen LogP contribution in [0.15, 0.2) is 35.3 Å². The molecule has 1 saturated heterocycles. The number of hydrogen-bond acceptors (Lipinski definition) is 27. The third-order valence-electron chi connectivity index (χ3n) is 10.0. The van der Waals surface area contributed by atoms with Crippen LogP contribution in [0.4, 0.5) is 11.6 Å². The number of aliphatic carboxylic acids is 4. The van der Waals surface area contributed by atoms with Gasteiger partial charge in [0.15, 0.2) is 17.5 Å². The smallest absolute Gasteiger partial charge is 0.280 e. The number of benzene rings is 1. The molecule has 1 aliphatic rings. The van der Waals surface area contributed by atoms with Gasteiger partial charge in [0, 0.05) is 36.4 Å². The monoisotopic (exact) mass is 997 g/mol. The third-order valence-corrected chi connectivity index (χ3v) is 11.0. The lowest BCUT2D eigenvalue weighted by Gasteiger charge is -2.30.